The van der Waals surface area contributed by atoms with E-state index in [0.29, 0.717) is 22.8 Å². The molecule has 3 amide bonds. The Kier molecular flexibility index (Phi) is 8.34. The van der Waals surface area contributed by atoms with Crippen LogP contribution in [0.5, 0.6) is 17.2 Å². The van der Waals surface area contributed by atoms with E-state index in [1.165, 1.54) is 7.11 Å². The van der Waals surface area contributed by atoms with Crippen molar-refractivity contribution in [2.24, 2.45) is 0 Å². The molecule has 4 aliphatic rings. The second kappa shape index (κ2) is 12.9. The average Bonchev–Trinajstić information content (AvgIpc) is 3.72. The minimum absolute atomic E-state index is 0.0807. The number of hydrogen-bond donors (Lipinski definition) is 3. The molecular weight excluding hydrogens is 612 g/mol. The van der Waals surface area contributed by atoms with Crippen molar-refractivity contribution in [1.82, 2.24) is 20.5 Å². The van der Waals surface area contributed by atoms with Crippen molar-refractivity contribution in [3.8, 4) is 28.4 Å². The summed E-state index contributed by atoms with van der Waals surface area (Å²) in [7, 11) is 1.52. The molecule has 11 heteroatoms. The lowest BCUT2D eigenvalue weighted by molar-refractivity contribution is -0.123. The van der Waals surface area contributed by atoms with Crippen LogP contribution in [0.4, 0.5) is 0 Å². The summed E-state index contributed by atoms with van der Waals surface area (Å²) in [6.07, 6.45) is 1.88. The minimum atomic E-state index is -0.657. The van der Waals surface area contributed by atoms with Gasteiger partial charge in [-0.05, 0) is 96.5 Å². The van der Waals surface area contributed by atoms with Crippen LogP contribution in [0.25, 0.3) is 11.1 Å². The van der Waals surface area contributed by atoms with E-state index in [1.54, 1.807) is 35.2 Å². The van der Waals surface area contributed by atoms with Gasteiger partial charge in [-0.25, -0.2) is 0 Å². The number of aromatic nitrogens is 1. The van der Waals surface area contributed by atoms with Gasteiger partial charge in [0, 0.05) is 24.3 Å². The fraction of sp³-hybridized carbons (Fsp3) is 0.297. The van der Waals surface area contributed by atoms with Gasteiger partial charge in [0.15, 0.2) is 18.1 Å². The molecule has 1 fully saturated rings. The highest BCUT2D eigenvalue weighted by atomic mass is 16.5. The summed E-state index contributed by atoms with van der Waals surface area (Å²) in [6, 6.07) is 19.2. The number of hydrogen-bond acceptors (Lipinski definition) is 7. The number of pyridine rings is 1. The number of carbonyl (C=O) groups excluding carboxylic acids is 3. The van der Waals surface area contributed by atoms with E-state index in [0.717, 1.165) is 52.8 Å². The zero-order valence-electron chi connectivity index (χ0n) is 26.8. The Bertz CT molecular complexity index is 1990. The topological polar surface area (TPSA) is 139 Å². The zero-order chi connectivity index (χ0) is 33.4. The summed E-state index contributed by atoms with van der Waals surface area (Å²) in [5.74, 6) is 0.326. The zero-order valence-corrected chi connectivity index (χ0v) is 26.8. The highest BCUT2D eigenvalue weighted by molar-refractivity contribution is 5.97. The van der Waals surface area contributed by atoms with Gasteiger partial charge < -0.3 is 34.7 Å². The van der Waals surface area contributed by atoms with Crippen molar-refractivity contribution in [3.63, 3.8) is 0 Å². The molecule has 6 bridgehead atoms. The number of H-pyrrole nitrogens is 1. The smallest absolute Gasteiger partial charge is 0.261 e. The van der Waals surface area contributed by atoms with Gasteiger partial charge in [-0.3, -0.25) is 19.2 Å². The van der Waals surface area contributed by atoms with Crippen LogP contribution in [0.15, 0.2) is 71.5 Å². The number of ether oxygens (including phenoxy) is 3. The maximum Gasteiger partial charge on any atom is 0.261 e. The third kappa shape index (κ3) is 6.23. The van der Waals surface area contributed by atoms with Gasteiger partial charge in [0.1, 0.15) is 17.4 Å². The van der Waals surface area contributed by atoms with Crippen LogP contribution in [0.2, 0.25) is 0 Å². The fourth-order valence-corrected chi connectivity index (χ4v) is 6.60. The predicted octanol–water partition coefficient (Wildman–Crippen LogP) is 3.56. The fourth-order valence-electron chi connectivity index (χ4n) is 6.60. The molecule has 1 saturated heterocycles. The van der Waals surface area contributed by atoms with E-state index in [2.05, 4.69) is 15.6 Å². The van der Waals surface area contributed by atoms with E-state index in [-0.39, 0.29) is 43.6 Å². The third-order valence-corrected chi connectivity index (χ3v) is 9.20. The number of methoxy groups -OCH3 is 1. The van der Waals surface area contributed by atoms with Crippen LogP contribution in [-0.4, -0.2) is 66.6 Å². The second-order valence-electron chi connectivity index (χ2n) is 12.4. The molecule has 2 atom stereocenters. The molecule has 1 aliphatic carbocycles. The Morgan fingerprint density at radius 2 is 1.83 bits per heavy atom. The summed E-state index contributed by atoms with van der Waals surface area (Å²) >= 11 is 0. The first-order chi connectivity index (χ1) is 23.2. The normalized spacial score (nSPS) is 18.9. The molecule has 3 aliphatic heterocycles. The molecule has 3 aromatic carbocycles. The Morgan fingerprint density at radius 1 is 0.958 bits per heavy atom. The molecule has 11 nitrogen and oxygen atoms in total. The van der Waals surface area contributed by atoms with Crippen LogP contribution >= 0.6 is 0 Å². The standard InChI is InChI=1S/C37H36N4O7/c1-21-9-11-25-16-27(21)23-5-3-7-26(14-23)47-20-34(42)38-17-22-10-12-31(32(13-22)46-2)48-33-19-41(18-30(33)40-35(25)43)37(45)28-15-24-6-4-8-29(24)39-36(28)44/h3,5,7,9-16,30,33H,4,6,8,17-20H2,1-2H3,(H,38,42)(H,39,44)(H,40,43)/t30-,33-/m0/s1. The second-order valence-corrected chi connectivity index (χ2v) is 12.4. The maximum absolute atomic E-state index is 13.8. The molecule has 0 radical (unpaired) electrons. The average molecular weight is 649 g/mol. The molecule has 4 heterocycles. The summed E-state index contributed by atoms with van der Waals surface area (Å²) in [5, 5.41) is 5.98. The number of benzene rings is 3. The molecular formula is C37H36N4O7. The molecule has 0 unspecified atom stereocenters. The molecule has 48 heavy (non-hydrogen) atoms. The highest BCUT2D eigenvalue weighted by Gasteiger charge is 2.39. The lowest BCUT2D eigenvalue weighted by atomic mass is 9.97. The van der Waals surface area contributed by atoms with E-state index < -0.39 is 23.6 Å². The molecule has 0 saturated carbocycles. The number of nitrogens with one attached hydrogen (secondary N) is 3. The molecule has 246 valence electrons. The van der Waals surface area contributed by atoms with Crippen LogP contribution < -0.4 is 30.4 Å². The molecule has 4 aromatic rings. The first kappa shape index (κ1) is 31.0. The maximum atomic E-state index is 13.8. The third-order valence-electron chi connectivity index (χ3n) is 9.20. The first-order valence-corrected chi connectivity index (χ1v) is 16.0. The Labute approximate surface area is 277 Å². The molecule has 0 spiro atoms. The van der Waals surface area contributed by atoms with E-state index >= 15 is 0 Å². The predicted molar refractivity (Wildman–Crippen MR) is 178 cm³/mol. The molecule has 3 N–H and O–H groups in total. The Hall–Kier alpha value is -5.58. The monoisotopic (exact) mass is 648 g/mol. The summed E-state index contributed by atoms with van der Waals surface area (Å²) in [5.41, 5.74) is 5.37. The van der Waals surface area contributed by atoms with Crippen LogP contribution in [0, 0.1) is 6.92 Å². The summed E-state index contributed by atoms with van der Waals surface area (Å²) in [4.78, 5) is 57.7. The largest absolute Gasteiger partial charge is 0.493 e. The highest BCUT2D eigenvalue weighted by Crippen LogP contribution is 2.32. The van der Waals surface area contributed by atoms with Crippen molar-refractivity contribution >= 4 is 17.7 Å². The Morgan fingerprint density at radius 3 is 2.69 bits per heavy atom. The van der Waals surface area contributed by atoms with Crippen molar-refractivity contribution < 1.29 is 28.6 Å². The number of amides is 3. The molecule has 1 aromatic heterocycles. The number of rotatable bonds is 2. The Balaban J connectivity index is 1.24. The SMILES string of the molecule is COc1cc2ccc1O[C@H]1CN(C(=O)c3cc4c([nH]c3=O)CCC4)C[C@@H]1NC(=O)c1ccc(C)c(c1)-c1cccc(c1)OCC(=O)NC2. The van der Waals surface area contributed by atoms with Gasteiger partial charge in [-0.1, -0.05) is 24.3 Å². The van der Waals surface area contributed by atoms with Crippen molar-refractivity contribution in [2.45, 2.75) is 44.9 Å². The van der Waals surface area contributed by atoms with Gasteiger partial charge in [-0.15, -0.1) is 0 Å². The van der Waals surface area contributed by atoms with Gasteiger partial charge in [0.2, 0.25) is 0 Å². The number of aryl methyl sites for hydroxylation is 3. The van der Waals surface area contributed by atoms with Crippen molar-refractivity contribution in [2.75, 3.05) is 26.8 Å². The van der Waals surface area contributed by atoms with E-state index in [1.807, 2.05) is 43.3 Å². The van der Waals surface area contributed by atoms with Gasteiger partial charge in [0.25, 0.3) is 23.3 Å². The molecule has 8 rings (SSSR count). The van der Waals surface area contributed by atoms with E-state index in [4.69, 9.17) is 14.2 Å². The summed E-state index contributed by atoms with van der Waals surface area (Å²) < 4.78 is 17.9. The number of carbonyl (C=O) groups is 3. The van der Waals surface area contributed by atoms with Gasteiger partial charge in [-0.2, -0.15) is 0 Å². The lowest BCUT2D eigenvalue weighted by Crippen LogP contribution is -2.45. The van der Waals surface area contributed by atoms with Crippen molar-refractivity contribution in [1.29, 1.82) is 0 Å². The number of likely N-dealkylation sites (tertiary alicyclic amines) is 1. The number of aromatic amines is 1. The van der Waals surface area contributed by atoms with Gasteiger partial charge in [0.05, 0.1) is 19.7 Å². The van der Waals surface area contributed by atoms with Crippen LogP contribution in [0.3, 0.4) is 0 Å². The van der Waals surface area contributed by atoms with Crippen LogP contribution in [0.1, 0.15) is 49.5 Å². The van der Waals surface area contributed by atoms with Crippen molar-refractivity contribution in [3.05, 3.63) is 111 Å². The first-order valence-electron chi connectivity index (χ1n) is 16.0. The number of nitrogens with zero attached hydrogens (tertiary/aromatic N) is 1. The quantitative estimate of drug-likeness (QED) is 0.302. The van der Waals surface area contributed by atoms with E-state index in [9.17, 15) is 19.2 Å². The lowest BCUT2D eigenvalue weighted by Gasteiger charge is -2.23. The summed E-state index contributed by atoms with van der Waals surface area (Å²) in [6.45, 7) is 2.30. The van der Waals surface area contributed by atoms with Crippen LogP contribution in [-0.2, 0) is 24.2 Å². The van der Waals surface area contributed by atoms with Gasteiger partial charge >= 0.3 is 0 Å². The number of fused-ring (bicyclic) bond motifs is 8. The minimum Gasteiger partial charge on any atom is -0.493 e.